The molecule has 1 aliphatic carbocycles. The third kappa shape index (κ3) is 2.45. The van der Waals surface area contributed by atoms with E-state index < -0.39 is 0 Å². The molecule has 1 saturated heterocycles. The molecule has 124 valence electrons. The van der Waals surface area contributed by atoms with Gasteiger partial charge < -0.3 is 4.90 Å². The molecule has 1 aliphatic heterocycles. The van der Waals surface area contributed by atoms with Crippen LogP contribution in [0.3, 0.4) is 0 Å². The van der Waals surface area contributed by atoms with Crippen molar-refractivity contribution in [1.82, 2.24) is 29.2 Å². The smallest absolute Gasteiger partial charge is 0.205 e. The third-order valence-corrected chi connectivity index (χ3v) is 5.82. The van der Waals surface area contributed by atoms with Crippen molar-refractivity contribution in [1.29, 1.82) is 0 Å². The minimum Gasteiger partial charge on any atom is -0.347 e. The summed E-state index contributed by atoms with van der Waals surface area (Å²) in [5.74, 6) is 2.93. The number of anilines is 1. The number of piperidine rings is 1. The molecule has 3 aromatic heterocycles. The number of nitrogens with zero attached hydrogens (tertiary/aromatic N) is 7. The summed E-state index contributed by atoms with van der Waals surface area (Å²) < 4.78 is 6.26. The molecule has 2 aliphatic rings. The zero-order chi connectivity index (χ0) is 16.1. The average Bonchev–Trinajstić information content (AvgIpc) is 3.24. The second-order valence-electron chi connectivity index (χ2n) is 6.75. The zero-order valence-corrected chi connectivity index (χ0v) is 14.4. The minimum atomic E-state index is 0.409. The topological polar surface area (TPSA) is 72.1 Å². The number of fused-ring (bicyclic) bond motifs is 1. The normalized spacial score (nSPS) is 19.3. The van der Waals surface area contributed by atoms with Crippen molar-refractivity contribution in [2.45, 2.75) is 44.4 Å². The van der Waals surface area contributed by atoms with E-state index in [-0.39, 0.29) is 0 Å². The summed E-state index contributed by atoms with van der Waals surface area (Å²) >= 11 is 1.49. The molecule has 0 amide bonds. The molecule has 4 heterocycles. The summed E-state index contributed by atoms with van der Waals surface area (Å²) in [7, 11) is 0. The largest absolute Gasteiger partial charge is 0.347 e. The molecule has 0 radical (unpaired) electrons. The highest BCUT2D eigenvalue weighted by atomic mass is 32.1. The highest BCUT2D eigenvalue weighted by Crippen LogP contribution is 2.39. The molecule has 1 saturated carbocycles. The van der Waals surface area contributed by atoms with Gasteiger partial charge in [0, 0.05) is 36.5 Å². The summed E-state index contributed by atoms with van der Waals surface area (Å²) in [5.41, 5.74) is 2.04. The lowest BCUT2D eigenvalue weighted by atomic mass is 9.96. The summed E-state index contributed by atoms with van der Waals surface area (Å²) in [5, 5.41) is 14.6. The molecule has 8 heteroatoms. The fourth-order valence-corrected chi connectivity index (χ4v) is 4.14. The van der Waals surface area contributed by atoms with Gasteiger partial charge in [-0.2, -0.15) is 14.0 Å². The monoisotopic (exact) mass is 341 g/mol. The quantitative estimate of drug-likeness (QED) is 0.729. The number of aryl methyl sites for hydroxylation is 1. The van der Waals surface area contributed by atoms with Crippen LogP contribution in [0.5, 0.6) is 0 Å². The lowest BCUT2D eigenvalue weighted by Crippen LogP contribution is -2.33. The van der Waals surface area contributed by atoms with Crippen molar-refractivity contribution in [2.75, 3.05) is 18.0 Å². The first kappa shape index (κ1) is 14.3. The fourth-order valence-electron chi connectivity index (χ4n) is 3.41. The molecule has 24 heavy (non-hydrogen) atoms. The van der Waals surface area contributed by atoms with Gasteiger partial charge in [-0.1, -0.05) is 0 Å². The summed E-state index contributed by atoms with van der Waals surface area (Å²) in [6.45, 7) is 3.91. The summed E-state index contributed by atoms with van der Waals surface area (Å²) in [4.78, 5) is 6.82. The Balaban J connectivity index is 1.37. The first-order valence-corrected chi connectivity index (χ1v) is 9.33. The van der Waals surface area contributed by atoms with Crippen molar-refractivity contribution in [2.24, 2.45) is 0 Å². The van der Waals surface area contributed by atoms with Crippen molar-refractivity contribution in [3.8, 4) is 0 Å². The van der Waals surface area contributed by atoms with Gasteiger partial charge in [-0.05, 0) is 44.7 Å². The van der Waals surface area contributed by atoms with E-state index in [2.05, 4.69) is 36.6 Å². The molecule has 0 N–H and O–H groups in total. The first-order valence-electron chi connectivity index (χ1n) is 8.55. The maximum atomic E-state index is 4.81. The van der Waals surface area contributed by atoms with Gasteiger partial charge in [-0.25, -0.2) is 4.98 Å². The van der Waals surface area contributed by atoms with Gasteiger partial charge in [0.1, 0.15) is 5.82 Å². The molecule has 7 nitrogen and oxygen atoms in total. The zero-order valence-electron chi connectivity index (χ0n) is 13.6. The van der Waals surface area contributed by atoms with Crippen LogP contribution in [0.2, 0.25) is 0 Å². The first-order chi connectivity index (χ1) is 11.8. The van der Waals surface area contributed by atoms with Crippen LogP contribution in [-0.2, 0) is 0 Å². The van der Waals surface area contributed by atoms with Gasteiger partial charge in [-0.3, -0.25) is 0 Å². The molecule has 0 aromatic carbocycles. The minimum absolute atomic E-state index is 0.409. The van der Waals surface area contributed by atoms with E-state index in [1.807, 2.05) is 11.4 Å². The van der Waals surface area contributed by atoms with Gasteiger partial charge in [0.2, 0.25) is 5.13 Å². The van der Waals surface area contributed by atoms with Crippen LogP contribution >= 0.6 is 11.5 Å². The molecule has 0 atom stereocenters. The van der Waals surface area contributed by atoms with E-state index in [1.165, 1.54) is 30.1 Å². The van der Waals surface area contributed by atoms with Gasteiger partial charge in [0.05, 0.1) is 5.69 Å². The van der Waals surface area contributed by atoms with Crippen LogP contribution < -0.4 is 4.90 Å². The fraction of sp³-hybridized carbons (Fsp3) is 0.562. The Morgan fingerprint density at radius 3 is 2.58 bits per heavy atom. The van der Waals surface area contributed by atoms with E-state index in [4.69, 9.17) is 5.10 Å². The molecule has 3 aromatic rings. The van der Waals surface area contributed by atoms with E-state index in [0.29, 0.717) is 11.8 Å². The Kier molecular flexibility index (Phi) is 3.26. The predicted molar refractivity (Wildman–Crippen MR) is 91.6 cm³/mol. The molecule has 5 rings (SSSR count). The second-order valence-corrected chi connectivity index (χ2v) is 7.48. The molecule has 0 spiro atoms. The molecular formula is C16H19N7S. The van der Waals surface area contributed by atoms with Crippen LogP contribution in [-0.4, -0.2) is 42.3 Å². The van der Waals surface area contributed by atoms with Gasteiger partial charge >= 0.3 is 0 Å². The lowest BCUT2D eigenvalue weighted by Gasteiger charge is -2.30. The number of hydrogen-bond acceptors (Lipinski definition) is 7. The van der Waals surface area contributed by atoms with E-state index in [0.717, 1.165) is 48.4 Å². The standard InChI is InChI=1S/C16H19N7S/c1-10-17-16(24-21-10)22-8-6-12(7-9-22)15-19-18-14-5-4-13(11-2-3-11)20-23(14)15/h4-5,11-12H,2-3,6-9H2,1H3. The maximum absolute atomic E-state index is 4.81. The highest BCUT2D eigenvalue weighted by Gasteiger charge is 2.29. The third-order valence-electron chi connectivity index (χ3n) is 4.95. The van der Waals surface area contributed by atoms with Crippen molar-refractivity contribution < 1.29 is 0 Å². The predicted octanol–water partition coefficient (Wildman–Crippen LogP) is 2.55. The van der Waals surface area contributed by atoms with Gasteiger partial charge in [0.15, 0.2) is 11.5 Å². The van der Waals surface area contributed by atoms with Crippen LogP contribution in [0, 0.1) is 6.92 Å². The highest BCUT2D eigenvalue weighted by molar-refractivity contribution is 7.09. The van der Waals surface area contributed by atoms with Crippen molar-refractivity contribution >= 4 is 22.3 Å². The number of rotatable bonds is 3. The molecule has 0 unspecified atom stereocenters. The lowest BCUT2D eigenvalue weighted by molar-refractivity contribution is 0.476. The van der Waals surface area contributed by atoms with E-state index >= 15 is 0 Å². The van der Waals surface area contributed by atoms with Crippen molar-refractivity contribution in [3.05, 3.63) is 29.5 Å². The Bertz CT molecular complexity index is 874. The van der Waals surface area contributed by atoms with Crippen molar-refractivity contribution in [3.63, 3.8) is 0 Å². The Hall–Kier alpha value is -2.09. The Morgan fingerprint density at radius 1 is 1.04 bits per heavy atom. The van der Waals surface area contributed by atoms with Crippen LogP contribution in [0.25, 0.3) is 5.65 Å². The molecule has 0 bridgehead atoms. The van der Waals surface area contributed by atoms with Crippen LogP contribution in [0.15, 0.2) is 12.1 Å². The average molecular weight is 341 g/mol. The van der Waals surface area contributed by atoms with Gasteiger partial charge in [-0.15, -0.1) is 10.2 Å². The SMILES string of the molecule is Cc1nsc(N2CCC(c3nnc4ccc(C5CC5)nn34)CC2)n1. The summed E-state index contributed by atoms with van der Waals surface area (Å²) in [6.07, 6.45) is 4.62. The van der Waals surface area contributed by atoms with E-state index in [9.17, 15) is 0 Å². The molecule has 2 fully saturated rings. The van der Waals surface area contributed by atoms with Gasteiger partial charge in [0.25, 0.3) is 0 Å². The molecular weight excluding hydrogens is 322 g/mol. The Labute approximate surface area is 143 Å². The van der Waals surface area contributed by atoms with E-state index in [1.54, 1.807) is 0 Å². The number of aromatic nitrogens is 6. The summed E-state index contributed by atoms with van der Waals surface area (Å²) in [6, 6.07) is 4.15. The maximum Gasteiger partial charge on any atom is 0.205 e. The van der Waals surface area contributed by atoms with Crippen LogP contribution in [0.4, 0.5) is 5.13 Å². The number of hydrogen-bond donors (Lipinski definition) is 0. The van der Waals surface area contributed by atoms with Crippen LogP contribution in [0.1, 0.15) is 54.9 Å². The Morgan fingerprint density at radius 2 is 1.88 bits per heavy atom. The second kappa shape index (κ2) is 5.47.